The van der Waals surface area contributed by atoms with Gasteiger partial charge in [-0.05, 0) is 24.1 Å². The summed E-state index contributed by atoms with van der Waals surface area (Å²) in [5.41, 5.74) is 8.75. The minimum absolute atomic E-state index is 0.215. The quantitative estimate of drug-likeness (QED) is 0.703. The Kier molecular flexibility index (Phi) is 2.42. The molecule has 2 aromatic rings. The van der Waals surface area contributed by atoms with E-state index in [1.807, 2.05) is 37.3 Å². The molecule has 0 radical (unpaired) electrons. The molecule has 0 saturated heterocycles. The van der Waals surface area contributed by atoms with E-state index in [1.165, 1.54) is 6.07 Å². The molecule has 2 aromatic carbocycles. The lowest BCUT2D eigenvalue weighted by Gasteiger charge is -2.09. The second-order valence-corrected chi connectivity index (χ2v) is 3.52. The van der Waals surface area contributed by atoms with E-state index in [1.54, 1.807) is 6.07 Å². The van der Waals surface area contributed by atoms with Gasteiger partial charge in [-0.1, -0.05) is 36.4 Å². The molecule has 0 bridgehead atoms. The van der Waals surface area contributed by atoms with Crippen molar-refractivity contribution in [3.63, 3.8) is 0 Å². The van der Waals surface area contributed by atoms with Crippen molar-refractivity contribution in [1.29, 1.82) is 0 Å². The first-order valence-electron chi connectivity index (χ1n) is 4.80. The van der Waals surface area contributed by atoms with Crippen LogP contribution in [0.4, 0.5) is 10.1 Å². The van der Waals surface area contributed by atoms with Crippen LogP contribution in [0.3, 0.4) is 0 Å². The standard InChI is InChI=1S/C13H12FN/c1-9-5-2-3-6-10(9)11-7-4-8-12(14)13(11)15/h2-8H,15H2,1H3. The summed E-state index contributed by atoms with van der Waals surface area (Å²) < 4.78 is 13.3. The zero-order chi connectivity index (χ0) is 10.8. The number of nitrogens with two attached hydrogens (primary N) is 1. The summed E-state index contributed by atoms with van der Waals surface area (Å²) >= 11 is 0. The average molecular weight is 201 g/mol. The third-order valence-electron chi connectivity index (χ3n) is 2.49. The molecule has 1 nitrogen and oxygen atoms in total. The normalized spacial score (nSPS) is 10.3. The van der Waals surface area contributed by atoms with E-state index in [0.29, 0.717) is 0 Å². The summed E-state index contributed by atoms with van der Waals surface area (Å²) in [7, 11) is 0. The molecule has 0 fully saturated rings. The fourth-order valence-electron chi connectivity index (χ4n) is 1.65. The van der Waals surface area contributed by atoms with Crippen LogP contribution in [0, 0.1) is 12.7 Å². The molecule has 2 heteroatoms. The van der Waals surface area contributed by atoms with E-state index in [9.17, 15) is 4.39 Å². The molecule has 0 aliphatic heterocycles. The first-order valence-corrected chi connectivity index (χ1v) is 4.80. The van der Waals surface area contributed by atoms with E-state index in [-0.39, 0.29) is 11.5 Å². The Hall–Kier alpha value is -1.83. The number of benzene rings is 2. The lowest BCUT2D eigenvalue weighted by molar-refractivity contribution is 0.633. The zero-order valence-corrected chi connectivity index (χ0v) is 8.50. The Morgan fingerprint density at radius 2 is 1.60 bits per heavy atom. The number of aryl methyl sites for hydroxylation is 1. The van der Waals surface area contributed by atoms with Crippen molar-refractivity contribution < 1.29 is 4.39 Å². The van der Waals surface area contributed by atoms with E-state index in [0.717, 1.165) is 16.7 Å². The van der Waals surface area contributed by atoms with Crippen LogP contribution in [0.5, 0.6) is 0 Å². The van der Waals surface area contributed by atoms with Gasteiger partial charge in [0.1, 0.15) is 5.82 Å². The van der Waals surface area contributed by atoms with Crippen molar-refractivity contribution in [2.24, 2.45) is 0 Å². The Labute approximate surface area is 88.4 Å². The predicted octanol–water partition coefficient (Wildman–Crippen LogP) is 3.38. The van der Waals surface area contributed by atoms with Crippen molar-refractivity contribution >= 4 is 5.69 Å². The van der Waals surface area contributed by atoms with Gasteiger partial charge in [0.15, 0.2) is 0 Å². The average Bonchev–Trinajstić information content (AvgIpc) is 2.23. The van der Waals surface area contributed by atoms with Crippen molar-refractivity contribution in [2.45, 2.75) is 6.92 Å². The van der Waals surface area contributed by atoms with Crippen LogP contribution < -0.4 is 5.73 Å². The highest BCUT2D eigenvalue weighted by Gasteiger charge is 2.07. The maximum Gasteiger partial charge on any atom is 0.146 e. The van der Waals surface area contributed by atoms with Gasteiger partial charge in [-0.2, -0.15) is 0 Å². The van der Waals surface area contributed by atoms with Gasteiger partial charge in [0.25, 0.3) is 0 Å². The molecule has 0 heterocycles. The SMILES string of the molecule is Cc1ccccc1-c1cccc(F)c1N. The molecule has 0 aliphatic rings. The Morgan fingerprint density at radius 3 is 2.33 bits per heavy atom. The van der Waals surface area contributed by atoms with Crippen LogP contribution in [0.25, 0.3) is 11.1 Å². The van der Waals surface area contributed by atoms with E-state index in [4.69, 9.17) is 5.73 Å². The van der Waals surface area contributed by atoms with Gasteiger partial charge in [-0.25, -0.2) is 4.39 Å². The van der Waals surface area contributed by atoms with Crippen molar-refractivity contribution in [1.82, 2.24) is 0 Å². The number of anilines is 1. The molecule has 0 amide bonds. The molecule has 0 spiro atoms. The molecule has 0 aliphatic carbocycles. The van der Waals surface area contributed by atoms with Crippen molar-refractivity contribution in [3.05, 3.63) is 53.8 Å². The molecule has 15 heavy (non-hydrogen) atoms. The van der Waals surface area contributed by atoms with E-state index in [2.05, 4.69) is 0 Å². The van der Waals surface area contributed by atoms with Crippen molar-refractivity contribution in [3.8, 4) is 11.1 Å². The van der Waals surface area contributed by atoms with Gasteiger partial charge in [-0.15, -0.1) is 0 Å². The van der Waals surface area contributed by atoms with Gasteiger partial charge < -0.3 is 5.73 Å². The minimum Gasteiger partial charge on any atom is -0.396 e. The highest BCUT2D eigenvalue weighted by atomic mass is 19.1. The van der Waals surface area contributed by atoms with Crippen LogP contribution >= 0.6 is 0 Å². The smallest absolute Gasteiger partial charge is 0.146 e. The molecular weight excluding hydrogens is 189 g/mol. The van der Waals surface area contributed by atoms with Crippen LogP contribution in [0.2, 0.25) is 0 Å². The Morgan fingerprint density at radius 1 is 0.933 bits per heavy atom. The molecular formula is C13H12FN. The van der Waals surface area contributed by atoms with Gasteiger partial charge in [0.2, 0.25) is 0 Å². The van der Waals surface area contributed by atoms with Gasteiger partial charge >= 0.3 is 0 Å². The summed E-state index contributed by atoms with van der Waals surface area (Å²) in [4.78, 5) is 0. The third kappa shape index (κ3) is 1.71. The molecule has 0 aromatic heterocycles. The zero-order valence-electron chi connectivity index (χ0n) is 8.50. The summed E-state index contributed by atoms with van der Waals surface area (Å²) in [5, 5.41) is 0. The highest BCUT2D eigenvalue weighted by Crippen LogP contribution is 2.29. The van der Waals surface area contributed by atoms with Gasteiger partial charge in [0.05, 0.1) is 5.69 Å². The van der Waals surface area contributed by atoms with Gasteiger partial charge in [-0.3, -0.25) is 0 Å². The predicted molar refractivity (Wildman–Crippen MR) is 61.0 cm³/mol. The molecule has 76 valence electrons. The lowest BCUT2D eigenvalue weighted by Crippen LogP contribution is -1.95. The number of hydrogen-bond donors (Lipinski definition) is 1. The fourth-order valence-corrected chi connectivity index (χ4v) is 1.65. The minimum atomic E-state index is -0.365. The number of halogens is 1. The van der Waals surface area contributed by atoms with Crippen LogP contribution in [-0.4, -0.2) is 0 Å². The molecule has 0 unspecified atom stereocenters. The van der Waals surface area contributed by atoms with Gasteiger partial charge in [0, 0.05) is 5.56 Å². The maximum atomic E-state index is 13.3. The van der Waals surface area contributed by atoms with Crippen LogP contribution in [-0.2, 0) is 0 Å². The fraction of sp³-hybridized carbons (Fsp3) is 0.0769. The summed E-state index contributed by atoms with van der Waals surface area (Å²) in [5.74, 6) is -0.365. The number of nitrogen functional groups attached to an aromatic ring is 1. The summed E-state index contributed by atoms with van der Waals surface area (Å²) in [6.45, 7) is 1.99. The van der Waals surface area contributed by atoms with Crippen LogP contribution in [0.1, 0.15) is 5.56 Å². The second kappa shape index (κ2) is 3.73. The summed E-state index contributed by atoms with van der Waals surface area (Å²) in [6.07, 6.45) is 0. The van der Waals surface area contributed by atoms with Crippen LogP contribution in [0.15, 0.2) is 42.5 Å². The highest BCUT2D eigenvalue weighted by molar-refractivity contribution is 5.78. The monoisotopic (exact) mass is 201 g/mol. The Balaban J connectivity index is 2.65. The van der Waals surface area contributed by atoms with E-state index >= 15 is 0 Å². The first-order chi connectivity index (χ1) is 7.20. The summed E-state index contributed by atoms with van der Waals surface area (Å²) in [6, 6.07) is 12.7. The maximum absolute atomic E-state index is 13.3. The molecule has 0 atom stereocenters. The largest absolute Gasteiger partial charge is 0.396 e. The number of rotatable bonds is 1. The van der Waals surface area contributed by atoms with Crippen molar-refractivity contribution in [2.75, 3.05) is 5.73 Å². The molecule has 2 N–H and O–H groups in total. The second-order valence-electron chi connectivity index (χ2n) is 3.52. The lowest BCUT2D eigenvalue weighted by atomic mass is 9.99. The number of hydrogen-bond acceptors (Lipinski definition) is 1. The van der Waals surface area contributed by atoms with E-state index < -0.39 is 0 Å². The Bertz CT molecular complexity index is 492. The molecule has 2 rings (SSSR count). The first kappa shape index (κ1) is 9.71. The number of para-hydroxylation sites is 1. The third-order valence-corrected chi connectivity index (χ3v) is 2.49. The molecule has 0 saturated carbocycles. The topological polar surface area (TPSA) is 26.0 Å².